The lowest BCUT2D eigenvalue weighted by Gasteiger charge is -2.35. The molecular weight excluding hydrogens is 570 g/mol. The van der Waals surface area contributed by atoms with Crippen molar-refractivity contribution in [3.63, 3.8) is 0 Å². The maximum Gasteiger partial charge on any atom is 0.256 e. The second-order valence-corrected chi connectivity index (χ2v) is 11.5. The molecule has 10 heteroatoms. The van der Waals surface area contributed by atoms with E-state index in [-0.39, 0.29) is 11.8 Å². The van der Waals surface area contributed by atoms with Crippen LogP contribution in [0.25, 0.3) is 11.2 Å². The van der Waals surface area contributed by atoms with Gasteiger partial charge in [0.1, 0.15) is 24.1 Å². The van der Waals surface area contributed by atoms with Crippen LogP contribution in [0.2, 0.25) is 0 Å². The van der Waals surface area contributed by atoms with Crippen molar-refractivity contribution < 1.29 is 23.7 Å². The number of aromatic nitrogens is 4. The third-order valence-electron chi connectivity index (χ3n) is 8.55. The molecule has 2 aliphatic rings. The molecule has 2 aromatic heterocycles. The summed E-state index contributed by atoms with van der Waals surface area (Å²) in [7, 11) is 1.67. The Kier molecular flexibility index (Phi) is 8.36. The van der Waals surface area contributed by atoms with Gasteiger partial charge in [-0.15, -0.1) is 0 Å². The first-order valence-electron chi connectivity index (χ1n) is 15.2. The quantitative estimate of drug-likeness (QED) is 0.197. The Morgan fingerprint density at radius 1 is 0.911 bits per heavy atom. The second-order valence-electron chi connectivity index (χ2n) is 11.5. The normalized spacial score (nSPS) is 22.9. The minimum absolute atomic E-state index is 0.238. The number of rotatable bonds is 12. The van der Waals surface area contributed by atoms with E-state index in [1.807, 2.05) is 71.3 Å². The average Bonchev–Trinajstić information content (AvgIpc) is 3.78. The number of amides is 1. The molecule has 1 aliphatic heterocycles. The van der Waals surface area contributed by atoms with Crippen molar-refractivity contribution >= 4 is 22.9 Å². The van der Waals surface area contributed by atoms with Gasteiger partial charge in [0.2, 0.25) is 0 Å². The Morgan fingerprint density at radius 2 is 1.58 bits per heavy atom. The SMILES string of the molecule is COC1C(n2cnc3c(NC(=O)c4ccccc4)ncnc32)O[C@](COCc2ccccc2)(C2CC2)C1OCc1ccccc1. The third kappa shape index (κ3) is 5.97. The molecule has 7 rings (SSSR count). The van der Waals surface area contributed by atoms with Crippen molar-refractivity contribution in [1.29, 1.82) is 0 Å². The van der Waals surface area contributed by atoms with Crippen LogP contribution in [0.3, 0.4) is 0 Å². The number of nitrogens with one attached hydrogen (secondary N) is 1. The number of carbonyl (C=O) groups is 1. The van der Waals surface area contributed by atoms with Crippen molar-refractivity contribution in [1.82, 2.24) is 19.5 Å². The van der Waals surface area contributed by atoms with Crippen LogP contribution in [0, 0.1) is 5.92 Å². The summed E-state index contributed by atoms with van der Waals surface area (Å²) in [5.41, 5.74) is 2.87. The van der Waals surface area contributed by atoms with Crippen molar-refractivity contribution in [3.8, 4) is 0 Å². The molecule has 230 valence electrons. The highest BCUT2D eigenvalue weighted by atomic mass is 16.6. The Hall–Kier alpha value is -4.48. The fraction of sp³-hybridized carbons (Fsp3) is 0.314. The molecule has 5 aromatic rings. The molecule has 2 fully saturated rings. The van der Waals surface area contributed by atoms with Gasteiger partial charge in [0.05, 0.1) is 26.1 Å². The molecule has 0 spiro atoms. The number of imidazole rings is 1. The van der Waals surface area contributed by atoms with E-state index in [0.29, 0.717) is 42.4 Å². The molecule has 1 amide bonds. The molecule has 0 radical (unpaired) electrons. The zero-order valence-corrected chi connectivity index (χ0v) is 25.0. The van der Waals surface area contributed by atoms with Gasteiger partial charge in [0, 0.05) is 12.7 Å². The van der Waals surface area contributed by atoms with Crippen molar-refractivity contribution in [2.45, 2.75) is 50.1 Å². The van der Waals surface area contributed by atoms with Gasteiger partial charge in [-0.1, -0.05) is 78.9 Å². The number of nitrogens with zero attached hydrogens (tertiary/aromatic N) is 4. The molecule has 10 nitrogen and oxygen atoms in total. The summed E-state index contributed by atoms with van der Waals surface area (Å²) < 4.78 is 28.2. The van der Waals surface area contributed by atoms with E-state index >= 15 is 0 Å². The fourth-order valence-electron chi connectivity index (χ4n) is 6.17. The molecule has 0 bridgehead atoms. The summed E-state index contributed by atoms with van der Waals surface area (Å²) in [5.74, 6) is 0.271. The van der Waals surface area contributed by atoms with Gasteiger partial charge in [0.25, 0.3) is 5.91 Å². The van der Waals surface area contributed by atoms with Crippen LogP contribution in [0.4, 0.5) is 5.82 Å². The summed E-state index contributed by atoms with van der Waals surface area (Å²) in [5, 5.41) is 2.88. The molecular formula is C35H35N5O5. The van der Waals surface area contributed by atoms with Gasteiger partial charge in [-0.05, 0) is 42.0 Å². The van der Waals surface area contributed by atoms with Crippen LogP contribution in [0.15, 0.2) is 104 Å². The van der Waals surface area contributed by atoms with Crippen LogP contribution in [0.5, 0.6) is 0 Å². The molecule has 45 heavy (non-hydrogen) atoms. The molecule has 3 aromatic carbocycles. The third-order valence-corrected chi connectivity index (χ3v) is 8.55. The van der Waals surface area contributed by atoms with Gasteiger partial charge in [0.15, 0.2) is 23.2 Å². The van der Waals surface area contributed by atoms with Crippen LogP contribution >= 0.6 is 0 Å². The lowest BCUT2D eigenvalue weighted by atomic mass is 9.90. The van der Waals surface area contributed by atoms with E-state index in [2.05, 4.69) is 32.4 Å². The van der Waals surface area contributed by atoms with Crippen LogP contribution in [-0.2, 0) is 32.2 Å². The molecule has 4 atom stereocenters. The van der Waals surface area contributed by atoms with Crippen LogP contribution in [0.1, 0.15) is 40.6 Å². The van der Waals surface area contributed by atoms with E-state index in [1.165, 1.54) is 6.33 Å². The van der Waals surface area contributed by atoms with Gasteiger partial charge in [-0.2, -0.15) is 0 Å². The predicted molar refractivity (Wildman–Crippen MR) is 167 cm³/mol. The van der Waals surface area contributed by atoms with Gasteiger partial charge >= 0.3 is 0 Å². The number of carbonyl (C=O) groups excluding carboxylic acids is 1. The van der Waals surface area contributed by atoms with E-state index in [0.717, 1.165) is 24.0 Å². The number of methoxy groups -OCH3 is 1. The first-order chi connectivity index (χ1) is 22.2. The highest BCUT2D eigenvalue weighted by Crippen LogP contribution is 2.53. The summed E-state index contributed by atoms with van der Waals surface area (Å²) in [6.45, 7) is 1.19. The zero-order chi connectivity index (χ0) is 30.6. The van der Waals surface area contributed by atoms with Crippen LogP contribution < -0.4 is 5.32 Å². The van der Waals surface area contributed by atoms with E-state index in [9.17, 15) is 4.79 Å². The minimum Gasteiger partial charge on any atom is -0.374 e. The smallest absolute Gasteiger partial charge is 0.256 e. The summed E-state index contributed by atoms with van der Waals surface area (Å²) in [6.07, 6.45) is 3.54. The lowest BCUT2D eigenvalue weighted by Crippen LogP contribution is -2.50. The fourth-order valence-corrected chi connectivity index (χ4v) is 6.17. The number of fused-ring (bicyclic) bond motifs is 1. The summed E-state index contributed by atoms with van der Waals surface area (Å²) in [4.78, 5) is 26.4. The lowest BCUT2D eigenvalue weighted by molar-refractivity contribution is -0.167. The molecule has 1 aliphatic carbocycles. The molecule has 1 saturated heterocycles. The van der Waals surface area contributed by atoms with Gasteiger partial charge < -0.3 is 24.3 Å². The zero-order valence-electron chi connectivity index (χ0n) is 25.0. The second kappa shape index (κ2) is 12.9. The number of anilines is 1. The maximum absolute atomic E-state index is 12.9. The van der Waals surface area contributed by atoms with E-state index < -0.39 is 24.0 Å². The Bertz CT molecular complexity index is 1730. The summed E-state index contributed by atoms with van der Waals surface area (Å²) in [6, 6.07) is 29.2. The largest absolute Gasteiger partial charge is 0.374 e. The van der Waals surface area contributed by atoms with E-state index in [1.54, 1.807) is 25.6 Å². The minimum atomic E-state index is -0.761. The van der Waals surface area contributed by atoms with Crippen molar-refractivity contribution in [2.75, 3.05) is 19.0 Å². The number of benzene rings is 3. The Morgan fingerprint density at radius 3 is 2.24 bits per heavy atom. The molecule has 1 N–H and O–H groups in total. The van der Waals surface area contributed by atoms with E-state index in [4.69, 9.17) is 18.9 Å². The average molecular weight is 606 g/mol. The number of hydrogen-bond donors (Lipinski definition) is 1. The number of ether oxygens (including phenoxy) is 4. The maximum atomic E-state index is 12.9. The standard InChI is InChI=1S/C35H35N5O5/c1-42-29-30(44-20-25-13-7-3-8-14-25)35(27-17-18-27,21-43-19-24-11-5-2-6-12-24)45-34(29)40-23-38-28-31(36-22-37-32(28)40)39-33(41)26-15-9-4-10-16-26/h2-16,22-23,27,29-30,34H,17-21H2,1H3,(H,36,37,39,41)/t29?,30?,34?,35-/m1/s1. The van der Waals surface area contributed by atoms with Crippen molar-refractivity contribution in [3.05, 3.63) is 120 Å². The summed E-state index contributed by atoms with van der Waals surface area (Å²) >= 11 is 0. The Balaban J connectivity index is 1.21. The highest BCUT2D eigenvalue weighted by Gasteiger charge is 2.63. The monoisotopic (exact) mass is 605 g/mol. The molecule has 3 unspecified atom stereocenters. The first-order valence-corrected chi connectivity index (χ1v) is 15.2. The Labute approximate surface area is 261 Å². The topological polar surface area (TPSA) is 110 Å². The van der Waals surface area contributed by atoms with Gasteiger partial charge in [-0.3, -0.25) is 9.36 Å². The van der Waals surface area contributed by atoms with Crippen LogP contribution in [-0.4, -0.2) is 57.0 Å². The van der Waals surface area contributed by atoms with Crippen molar-refractivity contribution in [2.24, 2.45) is 5.92 Å². The highest BCUT2D eigenvalue weighted by molar-refractivity contribution is 6.06. The predicted octanol–water partition coefficient (Wildman–Crippen LogP) is 5.57. The molecule has 1 saturated carbocycles. The number of hydrogen-bond acceptors (Lipinski definition) is 8. The molecule has 3 heterocycles. The first kappa shape index (κ1) is 29.2. The van der Waals surface area contributed by atoms with Gasteiger partial charge in [-0.25, -0.2) is 15.0 Å².